The standard InChI is InChI=1S/C16H18BrN5O2/c1-9-12(14(23)24-16(2,3)4)13(10-6-5-7-11(17)8-10)22-15(18-9)19-20-21-22/h5-8,13H,1-4H3,(H,18,19,21)/t13-/m0/s1. The molecule has 0 spiro atoms. The van der Waals surface area contributed by atoms with Crippen LogP contribution in [0.1, 0.15) is 39.3 Å². The summed E-state index contributed by atoms with van der Waals surface area (Å²) < 4.78 is 8.09. The van der Waals surface area contributed by atoms with Crippen molar-refractivity contribution >= 4 is 27.8 Å². The summed E-state index contributed by atoms with van der Waals surface area (Å²) >= 11 is 3.47. The third-order valence-electron chi connectivity index (χ3n) is 3.50. The lowest BCUT2D eigenvalue weighted by atomic mass is 9.95. The number of nitrogens with zero attached hydrogens (tertiary/aromatic N) is 4. The summed E-state index contributed by atoms with van der Waals surface area (Å²) in [6.07, 6.45) is 0. The molecule has 126 valence electrons. The van der Waals surface area contributed by atoms with E-state index in [-0.39, 0.29) is 0 Å². The number of nitrogens with one attached hydrogen (secondary N) is 1. The zero-order valence-corrected chi connectivity index (χ0v) is 15.5. The molecule has 1 aliphatic heterocycles. The number of fused-ring (bicyclic) bond motifs is 1. The maximum atomic E-state index is 12.8. The summed E-state index contributed by atoms with van der Waals surface area (Å²) in [4.78, 5) is 12.8. The van der Waals surface area contributed by atoms with Crippen LogP contribution < -0.4 is 5.32 Å². The smallest absolute Gasteiger partial charge is 0.338 e. The number of hydrogen-bond acceptors (Lipinski definition) is 6. The van der Waals surface area contributed by atoms with E-state index in [1.807, 2.05) is 52.0 Å². The van der Waals surface area contributed by atoms with Crippen molar-refractivity contribution in [3.05, 3.63) is 45.6 Å². The maximum absolute atomic E-state index is 12.8. The number of rotatable bonds is 2. The van der Waals surface area contributed by atoms with Gasteiger partial charge >= 0.3 is 5.97 Å². The van der Waals surface area contributed by atoms with E-state index in [0.29, 0.717) is 17.2 Å². The van der Waals surface area contributed by atoms with Crippen LogP contribution in [0.2, 0.25) is 0 Å². The summed E-state index contributed by atoms with van der Waals surface area (Å²) in [5, 5.41) is 14.8. The zero-order valence-electron chi connectivity index (χ0n) is 13.9. The van der Waals surface area contributed by atoms with Gasteiger partial charge in [0.25, 0.3) is 0 Å². The lowest BCUT2D eigenvalue weighted by Gasteiger charge is -2.29. The highest BCUT2D eigenvalue weighted by atomic mass is 79.9. The molecule has 0 amide bonds. The van der Waals surface area contributed by atoms with Crippen molar-refractivity contribution in [2.24, 2.45) is 0 Å². The highest BCUT2D eigenvalue weighted by Crippen LogP contribution is 2.36. The summed E-state index contributed by atoms with van der Waals surface area (Å²) in [7, 11) is 0. The number of benzene rings is 1. The molecule has 2 aromatic rings. The molecule has 24 heavy (non-hydrogen) atoms. The molecule has 3 rings (SSSR count). The SMILES string of the molecule is CC1=C(C(=O)OC(C)(C)C)[C@H](c2cccc(Br)c2)n2nnnc2N1. The van der Waals surface area contributed by atoms with Gasteiger partial charge in [0, 0.05) is 10.2 Å². The second-order valence-corrected chi connectivity index (χ2v) is 7.49. The fourth-order valence-corrected chi connectivity index (χ4v) is 3.01. The lowest BCUT2D eigenvalue weighted by Crippen LogP contribution is -2.33. The van der Waals surface area contributed by atoms with Crippen LogP contribution in [0.25, 0.3) is 0 Å². The van der Waals surface area contributed by atoms with E-state index < -0.39 is 17.6 Å². The molecule has 1 aliphatic rings. The van der Waals surface area contributed by atoms with Gasteiger partial charge in [0.1, 0.15) is 11.6 Å². The third kappa shape index (κ3) is 3.19. The van der Waals surface area contributed by atoms with Gasteiger partial charge in [-0.15, -0.1) is 0 Å². The number of hydrogen-bond donors (Lipinski definition) is 1. The Kier molecular flexibility index (Phi) is 4.16. The molecule has 0 saturated heterocycles. The molecular formula is C16H18BrN5O2. The number of anilines is 1. The Bertz CT molecular complexity index is 822. The minimum Gasteiger partial charge on any atom is -0.456 e. The predicted octanol–water partition coefficient (Wildman–Crippen LogP) is 3.07. The zero-order chi connectivity index (χ0) is 17.5. The van der Waals surface area contributed by atoms with Gasteiger partial charge in [0.05, 0.1) is 5.57 Å². The summed E-state index contributed by atoms with van der Waals surface area (Å²) in [5.74, 6) is 0.100. The average molecular weight is 392 g/mol. The number of ether oxygens (including phenoxy) is 1. The van der Waals surface area contributed by atoms with Crippen LogP contribution >= 0.6 is 15.9 Å². The van der Waals surface area contributed by atoms with Crippen LogP contribution in [-0.4, -0.2) is 31.8 Å². The largest absolute Gasteiger partial charge is 0.456 e. The molecular weight excluding hydrogens is 374 g/mol. The molecule has 0 saturated carbocycles. The molecule has 1 N–H and O–H groups in total. The number of esters is 1. The van der Waals surface area contributed by atoms with Gasteiger partial charge in [-0.25, -0.2) is 4.79 Å². The van der Waals surface area contributed by atoms with E-state index in [0.717, 1.165) is 10.0 Å². The molecule has 1 aromatic heterocycles. The monoisotopic (exact) mass is 391 g/mol. The quantitative estimate of drug-likeness (QED) is 0.792. The first-order chi connectivity index (χ1) is 11.3. The van der Waals surface area contributed by atoms with Crippen molar-refractivity contribution < 1.29 is 9.53 Å². The van der Waals surface area contributed by atoms with Crippen molar-refractivity contribution in [1.29, 1.82) is 0 Å². The van der Waals surface area contributed by atoms with Gasteiger partial charge in [-0.05, 0) is 55.8 Å². The maximum Gasteiger partial charge on any atom is 0.338 e. The van der Waals surface area contributed by atoms with Crippen LogP contribution in [0.15, 0.2) is 40.0 Å². The van der Waals surface area contributed by atoms with E-state index in [1.165, 1.54) is 0 Å². The fourth-order valence-electron chi connectivity index (χ4n) is 2.59. The first-order valence-corrected chi connectivity index (χ1v) is 8.30. The minimum absolute atomic E-state index is 0.390. The Balaban J connectivity index is 2.12. The number of allylic oxidation sites excluding steroid dienone is 1. The first-order valence-electron chi connectivity index (χ1n) is 7.51. The number of tetrazole rings is 1. The molecule has 8 heteroatoms. The lowest BCUT2D eigenvalue weighted by molar-refractivity contribution is -0.150. The van der Waals surface area contributed by atoms with Gasteiger partial charge in [-0.2, -0.15) is 4.68 Å². The van der Waals surface area contributed by atoms with Gasteiger partial charge in [-0.3, -0.25) is 0 Å². The van der Waals surface area contributed by atoms with Gasteiger partial charge in [0.15, 0.2) is 0 Å². The van der Waals surface area contributed by atoms with Crippen LogP contribution in [0.3, 0.4) is 0 Å². The van der Waals surface area contributed by atoms with E-state index in [9.17, 15) is 4.79 Å². The Hall–Kier alpha value is -2.22. The van der Waals surface area contributed by atoms with Gasteiger partial charge < -0.3 is 10.1 Å². The molecule has 2 heterocycles. The molecule has 1 aromatic carbocycles. The normalized spacial score (nSPS) is 17.3. The Labute approximate surface area is 148 Å². The molecule has 0 radical (unpaired) electrons. The van der Waals surface area contributed by atoms with Crippen LogP contribution in [0.4, 0.5) is 5.95 Å². The second-order valence-electron chi connectivity index (χ2n) is 6.57. The van der Waals surface area contributed by atoms with Crippen molar-refractivity contribution in [3.8, 4) is 0 Å². The third-order valence-corrected chi connectivity index (χ3v) is 3.99. The highest BCUT2D eigenvalue weighted by molar-refractivity contribution is 9.10. The van der Waals surface area contributed by atoms with E-state index in [1.54, 1.807) is 4.68 Å². The van der Waals surface area contributed by atoms with Crippen molar-refractivity contribution in [3.63, 3.8) is 0 Å². The van der Waals surface area contributed by atoms with E-state index in [4.69, 9.17) is 4.74 Å². The minimum atomic E-state index is -0.590. The summed E-state index contributed by atoms with van der Waals surface area (Å²) in [6.45, 7) is 7.34. The second kappa shape index (κ2) is 6.01. The number of carbonyl (C=O) groups is 1. The number of aromatic nitrogens is 4. The van der Waals surface area contributed by atoms with Crippen LogP contribution in [0, 0.1) is 0 Å². The highest BCUT2D eigenvalue weighted by Gasteiger charge is 2.36. The Morgan fingerprint density at radius 2 is 2.12 bits per heavy atom. The van der Waals surface area contributed by atoms with E-state index in [2.05, 4.69) is 36.8 Å². The van der Waals surface area contributed by atoms with Crippen molar-refractivity contribution in [1.82, 2.24) is 20.2 Å². The summed E-state index contributed by atoms with van der Waals surface area (Å²) in [5.41, 5.74) is 1.46. The molecule has 0 bridgehead atoms. The first kappa shape index (κ1) is 16.6. The number of carbonyl (C=O) groups excluding carboxylic acids is 1. The van der Waals surface area contributed by atoms with Gasteiger partial charge in [0.2, 0.25) is 5.95 Å². The molecule has 0 aliphatic carbocycles. The summed E-state index contributed by atoms with van der Waals surface area (Å²) in [6, 6.07) is 7.26. The van der Waals surface area contributed by atoms with Crippen LogP contribution in [0.5, 0.6) is 0 Å². The molecule has 0 unspecified atom stereocenters. The van der Waals surface area contributed by atoms with Crippen molar-refractivity contribution in [2.45, 2.75) is 39.3 Å². The molecule has 1 atom stereocenters. The van der Waals surface area contributed by atoms with E-state index >= 15 is 0 Å². The van der Waals surface area contributed by atoms with Gasteiger partial charge in [-0.1, -0.05) is 33.2 Å². The Morgan fingerprint density at radius 3 is 2.79 bits per heavy atom. The van der Waals surface area contributed by atoms with Crippen molar-refractivity contribution in [2.75, 3.05) is 5.32 Å². The van der Waals surface area contributed by atoms with Crippen LogP contribution in [-0.2, 0) is 9.53 Å². The molecule has 0 fully saturated rings. The molecule has 7 nitrogen and oxygen atoms in total. The topological polar surface area (TPSA) is 81.9 Å². The average Bonchev–Trinajstić information content (AvgIpc) is 2.91. The number of halogens is 1. The fraction of sp³-hybridized carbons (Fsp3) is 0.375. The predicted molar refractivity (Wildman–Crippen MR) is 92.3 cm³/mol. The Morgan fingerprint density at radius 1 is 1.38 bits per heavy atom.